The highest BCUT2D eigenvalue weighted by atomic mass is 32.2. The summed E-state index contributed by atoms with van der Waals surface area (Å²) in [6, 6.07) is 11.0. The number of nitrogens with one attached hydrogen (secondary N) is 2. The molecule has 1 amide bonds. The molecule has 0 aliphatic heterocycles. The predicted molar refractivity (Wildman–Crippen MR) is 100 cm³/mol. The second kappa shape index (κ2) is 7.12. The van der Waals surface area contributed by atoms with Gasteiger partial charge in [0.15, 0.2) is 5.65 Å². The van der Waals surface area contributed by atoms with Crippen molar-refractivity contribution >= 4 is 34.3 Å². The minimum Gasteiger partial charge on any atom is -0.342 e. The normalized spacial score (nSPS) is 12.5. The summed E-state index contributed by atoms with van der Waals surface area (Å²) in [5.74, 6) is 1.50. The summed E-state index contributed by atoms with van der Waals surface area (Å²) in [5, 5.41) is 14.3. The Morgan fingerprint density at radius 2 is 2.23 bits per heavy atom. The van der Waals surface area contributed by atoms with E-state index < -0.39 is 0 Å². The van der Waals surface area contributed by atoms with E-state index in [0.717, 1.165) is 29.0 Å². The molecule has 0 spiro atoms. The minimum atomic E-state index is -0.199. The van der Waals surface area contributed by atoms with Gasteiger partial charge in [0.05, 0.1) is 17.1 Å². The number of fused-ring (bicyclic) bond motifs is 2. The molecule has 0 radical (unpaired) electrons. The van der Waals surface area contributed by atoms with Crippen LogP contribution in [0.3, 0.4) is 0 Å². The van der Waals surface area contributed by atoms with Crippen LogP contribution < -0.4 is 5.32 Å². The number of thioether (sulfide) groups is 1. The molecule has 4 rings (SSSR count). The number of carbonyl (C=O) groups is 1. The fourth-order valence-corrected chi connectivity index (χ4v) is 3.24. The molecular weight excluding hydrogens is 350 g/mol. The first kappa shape index (κ1) is 16.5. The predicted octanol–water partition coefficient (Wildman–Crippen LogP) is 2.22. The number of aromatic nitrogens is 6. The van der Waals surface area contributed by atoms with E-state index in [1.54, 1.807) is 30.1 Å². The Hall–Kier alpha value is -2.94. The van der Waals surface area contributed by atoms with Crippen LogP contribution in [0.15, 0.2) is 42.6 Å². The summed E-state index contributed by atoms with van der Waals surface area (Å²) in [6.45, 7) is 0. The molecule has 0 saturated heterocycles. The van der Waals surface area contributed by atoms with Crippen LogP contribution in [0.1, 0.15) is 28.6 Å². The van der Waals surface area contributed by atoms with E-state index in [-0.39, 0.29) is 11.9 Å². The lowest BCUT2D eigenvalue weighted by Gasteiger charge is -2.16. The molecule has 0 bridgehead atoms. The number of hydrogen-bond donors (Lipinski definition) is 2. The van der Waals surface area contributed by atoms with Gasteiger partial charge in [0.1, 0.15) is 5.82 Å². The summed E-state index contributed by atoms with van der Waals surface area (Å²) in [4.78, 5) is 20.7. The summed E-state index contributed by atoms with van der Waals surface area (Å²) >= 11 is 1.73. The lowest BCUT2D eigenvalue weighted by Crippen LogP contribution is -2.29. The first-order valence-corrected chi connectivity index (χ1v) is 9.56. The van der Waals surface area contributed by atoms with Crippen molar-refractivity contribution in [1.82, 2.24) is 35.3 Å². The molecule has 0 aliphatic carbocycles. The zero-order valence-corrected chi connectivity index (χ0v) is 14.9. The molecule has 2 N–H and O–H groups in total. The molecule has 1 atom stereocenters. The van der Waals surface area contributed by atoms with Gasteiger partial charge in [-0.1, -0.05) is 12.1 Å². The second-order valence-corrected chi connectivity index (χ2v) is 6.83. The Kier molecular flexibility index (Phi) is 4.53. The van der Waals surface area contributed by atoms with Crippen LogP contribution in [-0.4, -0.2) is 47.9 Å². The van der Waals surface area contributed by atoms with Crippen LogP contribution in [-0.2, 0) is 0 Å². The van der Waals surface area contributed by atoms with E-state index in [1.807, 2.05) is 30.5 Å². The fraction of sp³-hybridized carbons (Fsp3) is 0.235. The van der Waals surface area contributed by atoms with Crippen molar-refractivity contribution in [2.75, 3.05) is 12.0 Å². The van der Waals surface area contributed by atoms with Crippen LogP contribution in [0.4, 0.5) is 0 Å². The Morgan fingerprint density at radius 3 is 3.08 bits per heavy atom. The average molecular weight is 367 g/mol. The van der Waals surface area contributed by atoms with Crippen molar-refractivity contribution in [2.24, 2.45) is 0 Å². The number of pyridine rings is 1. The number of nitrogens with zero attached hydrogens (tertiary/aromatic N) is 5. The maximum Gasteiger partial charge on any atom is 0.252 e. The van der Waals surface area contributed by atoms with Crippen LogP contribution >= 0.6 is 11.8 Å². The Morgan fingerprint density at radius 1 is 1.35 bits per heavy atom. The van der Waals surface area contributed by atoms with E-state index in [2.05, 4.69) is 30.8 Å². The van der Waals surface area contributed by atoms with Gasteiger partial charge in [-0.2, -0.15) is 11.8 Å². The van der Waals surface area contributed by atoms with Gasteiger partial charge in [-0.3, -0.25) is 4.79 Å². The third-order valence-electron chi connectivity index (χ3n) is 4.11. The first-order valence-electron chi connectivity index (χ1n) is 8.17. The quantitative estimate of drug-likeness (QED) is 0.542. The number of benzene rings is 1. The molecular formula is C17H17N7OS. The Bertz CT molecular complexity index is 1020. The highest BCUT2D eigenvalue weighted by molar-refractivity contribution is 7.98. The number of hydrogen-bond acceptors (Lipinski definition) is 6. The molecule has 3 heterocycles. The fourth-order valence-electron chi connectivity index (χ4n) is 2.77. The molecule has 1 unspecified atom stereocenters. The highest BCUT2D eigenvalue weighted by Crippen LogP contribution is 2.20. The zero-order valence-electron chi connectivity index (χ0n) is 14.1. The Labute approximate surface area is 153 Å². The number of imidazole rings is 1. The van der Waals surface area contributed by atoms with E-state index in [1.165, 1.54) is 4.52 Å². The maximum absolute atomic E-state index is 12.7. The zero-order chi connectivity index (χ0) is 17.9. The number of carbonyl (C=O) groups excluding carboxylic acids is 1. The molecule has 0 aliphatic rings. The Balaban J connectivity index is 1.60. The summed E-state index contributed by atoms with van der Waals surface area (Å²) in [7, 11) is 0. The van der Waals surface area contributed by atoms with E-state index in [4.69, 9.17) is 0 Å². The van der Waals surface area contributed by atoms with Crippen LogP contribution in [0.25, 0.3) is 16.7 Å². The summed E-state index contributed by atoms with van der Waals surface area (Å²) in [5.41, 5.74) is 2.89. The number of H-pyrrole nitrogens is 1. The van der Waals surface area contributed by atoms with Gasteiger partial charge in [-0.15, -0.1) is 5.10 Å². The number of tetrazole rings is 1. The lowest BCUT2D eigenvalue weighted by atomic mass is 10.2. The van der Waals surface area contributed by atoms with Gasteiger partial charge in [0.2, 0.25) is 0 Å². The van der Waals surface area contributed by atoms with Crippen molar-refractivity contribution in [3.63, 3.8) is 0 Å². The standard InChI is InChI=1S/C17H17N7OS/c1-26-9-7-14(16-18-12-4-2-3-5-13(12)19-16)20-17(25)11-6-8-24-15(10-11)21-22-23-24/h2-6,8,10,14H,7,9H2,1H3,(H,18,19)(H,20,25). The smallest absolute Gasteiger partial charge is 0.252 e. The number of para-hydroxylation sites is 2. The minimum absolute atomic E-state index is 0.179. The van der Waals surface area contributed by atoms with Crippen molar-refractivity contribution < 1.29 is 4.79 Å². The van der Waals surface area contributed by atoms with Crippen LogP contribution in [0.5, 0.6) is 0 Å². The molecule has 26 heavy (non-hydrogen) atoms. The average Bonchev–Trinajstić information content (AvgIpc) is 3.30. The topological polar surface area (TPSA) is 101 Å². The molecule has 1 aromatic carbocycles. The van der Waals surface area contributed by atoms with Gasteiger partial charge in [0.25, 0.3) is 5.91 Å². The van der Waals surface area contributed by atoms with Crippen LogP contribution in [0.2, 0.25) is 0 Å². The molecule has 3 aromatic heterocycles. The lowest BCUT2D eigenvalue weighted by molar-refractivity contribution is 0.0934. The van der Waals surface area contributed by atoms with Crippen molar-refractivity contribution in [1.29, 1.82) is 0 Å². The summed E-state index contributed by atoms with van der Waals surface area (Å²) < 4.78 is 1.52. The van der Waals surface area contributed by atoms with Gasteiger partial charge in [-0.25, -0.2) is 9.50 Å². The highest BCUT2D eigenvalue weighted by Gasteiger charge is 2.19. The van der Waals surface area contributed by atoms with Crippen molar-refractivity contribution in [3.8, 4) is 0 Å². The molecule has 8 nitrogen and oxygen atoms in total. The van der Waals surface area contributed by atoms with Crippen molar-refractivity contribution in [2.45, 2.75) is 12.5 Å². The van der Waals surface area contributed by atoms with Crippen molar-refractivity contribution in [3.05, 3.63) is 54.0 Å². The van der Waals surface area contributed by atoms with Gasteiger partial charge in [0, 0.05) is 11.8 Å². The van der Waals surface area contributed by atoms with Gasteiger partial charge in [-0.05, 0) is 53.1 Å². The number of rotatable bonds is 6. The second-order valence-electron chi connectivity index (χ2n) is 5.84. The molecule has 132 valence electrons. The first-order chi connectivity index (χ1) is 12.7. The number of aromatic amines is 1. The van der Waals surface area contributed by atoms with E-state index in [9.17, 15) is 4.79 Å². The van der Waals surface area contributed by atoms with Gasteiger partial charge >= 0.3 is 0 Å². The maximum atomic E-state index is 12.7. The SMILES string of the molecule is CSCCC(NC(=O)c1ccn2nnnc2c1)c1nc2ccccc2[nH]1. The monoisotopic (exact) mass is 367 g/mol. The van der Waals surface area contributed by atoms with E-state index >= 15 is 0 Å². The largest absolute Gasteiger partial charge is 0.342 e. The molecule has 4 aromatic rings. The van der Waals surface area contributed by atoms with E-state index in [0.29, 0.717) is 11.2 Å². The third kappa shape index (κ3) is 3.25. The number of amides is 1. The van der Waals surface area contributed by atoms with Crippen LogP contribution in [0, 0.1) is 0 Å². The third-order valence-corrected chi connectivity index (χ3v) is 4.76. The molecule has 9 heteroatoms. The summed E-state index contributed by atoms with van der Waals surface area (Å²) in [6.07, 6.45) is 4.49. The molecule has 0 fully saturated rings. The van der Waals surface area contributed by atoms with Gasteiger partial charge < -0.3 is 10.3 Å². The molecule has 0 saturated carbocycles.